The van der Waals surface area contributed by atoms with Crippen LogP contribution in [0.4, 0.5) is 0 Å². The second kappa shape index (κ2) is 5.90. The zero-order valence-electron chi connectivity index (χ0n) is 10.3. The van der Waals surface area contributed by atoms with Crippen molar-refractivity contribution in [2.24, 2.45) is 0 Å². The SMILES string of the molecule is CCCn1ncc(Br)c1C(O)c1snnc1CC. The normalized spacial score (nSPS) is 12.9. The quantitative estimate of drug-likeness (QED) is 0.915. The molecule has 7 heteroatoms. The van der Waals surface area contributed by atoms with Gasteiger partial charge in [-0.05, 0) is 40.3 Å². The number of rotatable bonds is 5. The first-order chi connectivity index (χ1) is 8.69. The maximum Gasteiger partial charge on any atom is 0.134 e. The third-order valence-electron chi connectivity index (χ3n) is 2.70. The Morgan fingerprint density at radius 1 is 1.50 bits per heavy atom. The summed E-state index contributed by atoms with van der Waals surface area (Å²) in [5, 5.41) is 18.8. The standard InChI is InChI=1S/C11H15BrN4OS/c1-3-5-16-9(7(12)6-13-16)10(17)11-8(4-2)14-15-18-11/h6,10,17H,3-5H2,1-2H3. The third kappa shape index (κ3) is 2.48. The Hall–Kier alpha value is -0.790. The Bertz CT molecular complexity index is 525. The predicted molar refractivity (Wildman–Crippen MR) is 73.6 cm³/mol. The van der Waals surface area contributed by atoms with Crippen molar-refractivity contribution in [3.05, 3.63) is 26.9 Å². The van der Waals surface area contributed by atoms with Gasteiger partial charge in [-0.3, -0.25) is 4.68 Å². The van der Waals surface area contributed by atoms with Crippen LogP contribution in [0.15, 0.2) is 10.7 Å². The van der Waals surface area contributed by atoms with Crippen LogP contribution in [0.2, 0.25) is 0 Å². The number of aromatic nitrogens is 4. The van der Waals surface area contributed by atoms with E-state index in [-0.39, 0.29) is 0 Å². The lowest BCUT2D eigenvalue weighted by Gasteiger charge is -2.12. The molecule has 0 aliphatic heterocycles. The van der Waals surface area contributed by atoms with E-state index in [2.05, 4.69) is 37.5 Å². The molecule has 2 aromatic rings. The lowest BCUT2D eigenvalue weighted by atomic mass is 10.1. The molecule has 1 unspecified atom stereocenters. The van der Waals surface area contributed by atoms with Crippen molar-refractivity contribution in [3.8, 4) is 0 Å². The third-order valence-corrected chi connectivity index (χ3v) is 4.13. The molecule has 0 spiro atoms. The van der Waals surface area contributed by atoms with Crippen molar-refractivity contribution in [2.45, 2.75) is 39.3 Å². The van der Waals surface area contributed by atoms with Crippen LogP contribution in [0.5, 0.6) is 0 Å². The Morgan fingerprint density at radius 3 is 2.94 bits per heavy atom. The molecule has 1 N–H and O–H groups in total. The molecule has 0 saturated carbocycles. The molecule has 0 aromatic carbocycles. The van der Waals surface area contributed by atoms with E-state index in [9.17, 15) is 5.11 Å². The van der Waals surface area contributed by atoms with Gasteiger partial charge < -0.3 is 5.11 Å². The summed E-state index contributed by atoms with van der Waals surface area (Å²) in [6, 6.07) is 0. The van der Waals surface area contributed by atoms with Crippen molar-refractivity contribution in [1.82, 2.24) is 19.4 Å². The van der Waals surface area contributed by atoms with Gasteiger partial charge in [0.1, 0.15) is 6.10 Å². The van der Waals surface area contributed by atoms with Crippen LogP contribution < -0.4 is 0 Å². The van der Waals surface area contributed by atoms with E-state index >= 15 is 0 Å². The van der Waals surface area contributed by atoms with Gasteiger partial charge in [-0.15, -0.1) is 5.10 Å². The highest BCUT2D eigenvalue weighted by molar-refractivity contribution is 9.10. The molecule has 2 rings (SSSR count). The molecular formula is C11H15BrN4OS. The lowest BCUT2D eigenvalue weighted by molar-refractivity contribution is 0.209. The second-order valence-electron chi connectivity index (χ2n) is 3.94. The molecule has 18 heavy (non-hydrogen) atoms. The minimum absolute atomic E-state index is 0.719. The Balaban J connectivity index is 2.39. The number of aliphatic hydroxyl groups is 1. The summed E-state index contributed by atoms with van der Waals surface area (Å²) < 4.78 is 6.56. The van der Waals surface area contributed by atoms with E-state index in [1.165, 1.54) is 11.5 Å². The van der Waals surface area contributed by atoms with Gasteiger partial charge in [-0.25, -0.2) is 0 Å². The van der Waals surface area contributed by atoms with E-state index in [4.69, 9.17) is 0 Å². The van der Waals surface area contributed by atoms with Crippen LogP contribution in [0, 0.1) is 0 Å². The van der Waals surface area contributed by atoms with Crippen LogP contribution in [0.1, 0.15) is 42.6 Å². The fourth-order valence-electron chi connectivity index (χ4n) is 1.83. The van der Waals surface area contributed by atoms with Crippen LogP contribution in [-0.2, 0) is 13.0 Å². The molecule has 0 fully saturated rings. The van der Waals surface area contributed by atoms with Crippen LogP contribution >= 0.6 is 27.5 Å². The zero-order valence-corrected chi connectivity index (χ0v) is 12.7. The van der Waals surface area contributed by atoms with Gasteiger partial charge in [0.15, 0.2) is 0 Å². The molecule has 0 amide bonds. The first kappa shape index (κ1) is 13.6. The fourth-order valence-corrected chi connectivity index (χ4v) is 3.07. The minimum Gasteiger partial charge on any atom is -0.381 e. The van der Waals surface area contributed by atoms with E-state index in [0.29, 0.717) is 0 Å². The molecule has 1 atom stereocenters. The van der Waals surface area contributed by atoms with Gasteiger partial charge in [0.25, 0.3) is 0 Å². The van der Waals surface area contributed by atoms with Crippen molar-refractivity contribution in [2.75, 3.05) is 0 Å². The van der Waals surface area contributed by atoms with Crippen LogP contribution in [-0.4, -0.2) is 24.5 Å². The van der Waals surface area contributed by atoms with Gasteiger partial charge in [0.2, 0.25) is 0 Å². The van der Waals surface area contributed by atoms with E-state index in [0.717, 1.165) is 40.1 Å². The summed E-state index contributed by atoms with van der Waals surface area (Å²) >= 11 is 4.68. The monoisotopic (exact) mass is 330 g/mol. The molecule has 98 valence electrons. The Morgan fingerprint density at radius 2 is 2.28 bits per heavy atom. The summed E-state index contributed by atoms with van der Waals surface area (Å²) in [7, 11) is 0. The molecular weight excluding hydrogens is 316 g/mol. The Kier molecular flexibility index (Phi) is 4.47. The van der Waals surface area contributed by atoms with E-state index < -0.39 is 6.10 Å². The summed E-state index contributed by atoms with van der Waals surface area (Å²) in [6.07, 6.45) is 2.73. The van der Waals surface area contributed by atoms with E-state index in [1.807, 2.05) is 11.6 Å². The van der Waals surface area contributed by atoms with Gasteiger partial charge in [-0.2, -0.15) is 5.10 Å². The first-order valence-corrected chi connectivity index (χ1v) is 7.46. The molecule has 0 bridgehead atoms. The van der Waals surface area contributed by atoms with E-state index in [1.54, 1.807) is 6.20 Å². The molecule has 0 aliphatic rings. The minimum atomic E-state index is -0.719. The highest BCUT2D eigenvalue weighted by Crippen LogP contribution is 2.31. The molecule has 2 aromatic heterocycles. The maximum absolute atomic E-state index is 10.5. The van der Waals surface area contributed by atoms with Gasteiger partial charge in [0.05, 0.1) is 26.9 Å². The molecule has 5 nitrogen and oxygen atoms in total. The summed E-state index contributed by atoms with van der Waals surface area (Å²) in [5.41, 5.74) is 1.63. The van der Waals surface area contributed by atoms with Crippen LogP contribution in [0.3, 0.4) is 0 Å². The molecule has 0 aliphatic carbocycles. The number of hydrogen-bond acceptors (Lipinski definition) is 5. The highest BCUT2D eigenvalue weighted by atomic mass is 79.9. The second-order valence-corrected chi connectivity index (χ2v) is 5.58. The topological polar surface area (TPSA) is 63.8 Å². The zero-order chi connectivity index (χ0) is 13.1. The predicted octanol–water partition coefficient (Wildman–Crippen LogP) is 2.55. The smallest absolute Gasteiger partial charge is 0.134 e. The van der Waals surface area contributed by atoms with Gasteiger partial charge in [0, 0.05) is 6.54 Å². The summed E-state index contributed by atoms with van der Waals surface area (Å²) in [6.45, 7) is 4.87. The van der Waals surface area contributed by atoms with Gasteiger partial charge in [-0.1, -0.05) is 18.3 Å². The average molecular weight is 331 g/mol. The molecule has 0 radical (unpaired) electrons. The highest BCUT2D eigenvalue weighted by Gasteiger charge is 2.24. The molecule has 2 heterocycles. The van der Waals surface area contributed by atoms with Crippen LogP contribution in [0.25, 0.3) is 0 Å². The number of aliphatic hydroxyl groups excluding tert-OH is 1. The average Bonchev–Trinajstić information content (AvgIpc) is 2.96. The molecule has 0 saturated heterocycles. The summed E-state index contributed by atoms with van der Waals surface area (Å²) in [4.78, 5) is 0.802. The van der Waals surface area contributed by atoms with Crippen molar-refractivity contribution in [1.29, 1.82) is 0 Å². The first-order valence-electron chi connectivity index (χ1n) is 5.89. The number of nitrogens with zero attached hydrogens (tertiary/aromatic N) is 4. The largest absolute Gasteiger partial charge is 0.381 e. The van der Waals surface area contributed by atoms with Gasteiger partial charge >= 0.3 is 0 Å². The van der Waals surface area contributed by atoms with Crippen molar-refractivity contribution < 1.29 is 5.11 Å². The maximum atomic E-state index is 10.5. The van der Waals surface area contributed by atoms with Crippen molar-refractivity contribution >= 4 is 27.5 Å². The lowest BCUT2D eigenvalue weighted by Crippen LogP contribution is -2.11. The van der Waals surface area contributed by atoms with Crippen molar-refractivity contribution in [3.63, 3.8) is 0 Å². The number of halogens is 1. The Labute approximate surface area is 118 Å². The number of hydrogen-bond donors (Lipinski definition) is 1. The fraction of sp³-hybridized carbons (Fsp3) is 0.545. The summed E-state index contributed by atoms with van der Waals surface area (Å²) in [5.74, 6) is 0. The number of aryl methyl sites for hydroxylation is 2.